The highest BCUT2D eigenvalue weighted by atomic mass is 16.3. The van der Waals surface area contributed by atoms with Gasteiger partial charge < -0.3 is 15.7 Å². The minimum atomic E-state index is -0.339. The molecule has 2 heterocycles. The molecule has 3 rings (SSSR count). The topological polar surface area (TPSA) is 107 Å². The van der Waals surface area contributed by atoms with E-state index in [1.807, 2.05) is 32.0 Å². The fourth-order valence-corrected chi connectivity index (χ4v) is 2.82. The van der Waals surface area contributed by atoms with Crippen LogP contribution in [-0.4, -0.2) is 38.7 Å². The van der Waals surface area contributed by atoms with Crippen LogP contribution in [-0.2, 0) is 6.42 Å². The molecule has 0 bridgehead atoms. The Kier molecular flexibility index (Phi) is 4.81. The molecule has 3 N–H and O–H groups in total. The predicted octanol–water partition coefficient (Wildman–Crippen LogP) is 2.22. The molecule has 0 amide bonds. The second kappa shape index (κ2) is 7.03. The van der Waals surface area contributed by atoms with Crippen molar-refractivity contribution in [1.29, 1.82) is 5.26 Å². The maximum absolute atomic E-state index is 9.87. The van der Waals surface area contributed by atoms with Gasteiger partial charge in [-0.05, 0) is 18.6 Å². The third-order valence-corrected chi connectivity index (χ3v) is 4.83. The number of hydrogen-bond donors (Lipinski definition) is 3. The third-order valence-electron chi connectivity index (χ3n) is 4.83. The first-order valence-electron chi connectivity index (χ1n) is 8.36. The van der Waals surface area contributed by atoms with Gasteiger partial charge in [0.25, 0.3) is 0 Å². The summed E-state index contributed by atoms with van der Waals surface area (Å²) in [5.74, 6) is 0.970. The van der Waals surface area contributed by atoms with Crippen molar-refractivity contribution in [2.45, 2.75) is 38.8 Å². The smallest absolute Gasteiger partial charge is 0.224 e. The van der Waals surface area contributed by atoms with Gasteiger partial charge in [0.15, 0.2) is 0 Å². The molecule has 2 aromatic heterocycles. The van der Waals surface area contributed by atoms with Crippen LogP contribution in [0, 0.1) is 16.7 Å². The normalized spacial score (nSPS) is 21.0. The summed E-state index contributed by atoms with van der Waals surface area (Å²) in [7, 11) is 0. The molecular weight excluding hydrogens is 316 g/mol. The molecule has 7 nitrogen and oxygen atoms in total. The van der Waals surface area contributed by atoms with Crippen LogP contribution < -0.4 is 10.6 Å². The van der Waals surface area contributed by atoms with E-state index < -0.39 is 0 Å². The first-order valence-corrected chi connectivity index (χ1v) is 8.36. The van der Waals surface area contributed by atoms with Crippen molar-refractivity contribution >= 4 is 11.8 Å². The van der Waals surface area contributed by atoms with Crippen molar-refractivity contribution in [3.63, 3.8) is 0 Å². The second-order valence-corrected chi connectivity index (χ2v) is 6.84. The molecule has 132 valence electrons. The summed E-state index contributed by atoms with van der Waals surface area (Å²) in [5, 5.41) is 25.6. The number of aliphatic hydroxyl groups is 1. The molecule has 1 aliphatic carbocycles. The van der Waals surface area contributed by atoms with Crippen LogP contribution in [0.4, 0.5) is 11.8 Å². The zero-order valence-corrected chi connectivity index (χ0v) is 14.4. The van der Waals surface area contributed by atoms with Crippen LogP contribution in [0.25, 0.3) is 0 Å². The van der Waals surface area contributed by atoms with Crippen molar-refractivity contribution in [1.82, 2.24) is 15.0 Å². The van der Waals surface area contributed by atoms with Crippen LogP contribution in [0.15, 0.2) is 30.6 Å². The Hall–Kier alpha value is -2.72. The van der Waals surface area contributed by atoms with Gasteiger partial charge in [0.2, 0.25) is 5.95 Å². The number of anilines is 2. The van der Waals surface area contributed by atoms with Crippen molar-refractivity contribution in [2.75, 3.05) is 17.2 Å². The average Bonchev–Trinajstić information content (AvgIpc) is 2.62. The number of nitrogens with one attached hydrogen (secondary N) is 2. The lowest BCUT2D eigenvalue weighted by Gasteiger charge is -2.49. The molecule has 0 radical (unpaired) electrons. The van der Waals surface area contributed by atoms with Crippen LogP contribution in [0.2, 0.25) is 0 Å². The lowest BCUT2D eigenvalue weighted by Crippen LogP contribution is -2.57. The Morgan fingerprint density at radius 2 is 2.24 bits per heavy atom. The molecule has 7 heteroatoms. The Balaban J connectivity index is 0.00000243. The van der Waals surface area contributed by atoms with Crippen molar-refractivity contribution in [3.8, 4) is 6.07 Å². The van der Waals surface area contributed by atoms with Gasteiger partial charge in [-0.15, -0.1) is 0 Å². The number of aliphatic hydroxyl groups excluding tert-OH is 1. The summed E-state index contributed by atoms with van der Waals surface area (Å²) >= 11 is 0. The molecule has 2 aromatic rings. The number of pyridine rings is 1. The standard InChI is InChI=1S/C18H22N6O.H2/c1-18(2)14(9-15(18)25)23-16-12(10-19)11-22-17(24-16)21-8-6-13-5-3-4-7-20-13;/h3-5,7,11,14-15,25H,6,8-9H2,1-2H3,(H2,21,22,23,24);1H/t14-,15+;/m1./s1. The highest BCUT2D eigenvalue weighted by Crippen LogP contribution is 2.42. The van der Waals surface area contributed by atoms with Gasteiger partial charge in [-0.1, -0.05) is 19.9 Å². The highest BCUT2D eigenvalue weighted by Gasteiger charge is 2.47. The van der Waals surface area contributed by atoms with E-state index >= 15 is 0 Å². The average molecular weight is 340 g/mol. The molecule has 0 saturated heterocycles. The number of nitriles is 1. The van der Waals surface area contributed by atoms with E-state index in [9.17, 15) is 10.4 Å². The summed E-state index contributed by atoms with van der Waals surface area (Å²) < 4.78 is 0. The molecule has 0 spiro atoms. The molecule has 0 aliphatic heterocycles. The maximum Gasteiger partial charge on any atom is 0.224 e. The third kappa shape index (κ3) is 3.69. The van der Waals surface area contributed by atoms with Gasteiger partial charge in [-0.25, -0.2) is 4.98 Å². The molecule has 2 atom stereocenters. The Morgan fingerprint density at radius 1 is 1.40 bits per heavy atom. The van der Waals surface area contributed by atoms with Crippen LogP contribution in [0.1, 0.15) is 33.0 Å². The summed E-state index contributed by atoms with van der Waals surface area (Å²) in [6.45, 7) is 4.65. The van der Waals surface area contributed by atoms with Crippen molar-refractivity contribution < 1.29 is 6.53 Å². The Bertz CT molecular complexity index is 777. The lowest BCUT2D eigenvalue weighted by atomic mass is 9.64. The van der Waals surface area contributed by atoms with E-state index in [0.29, 0.717) is 30.3 Å². The second-order valence-electron chi connectivity index (χ2n) is 6.84. The molecule has 1 aliphatic rings. The van der Waals surface area contributed by atoms with E-state index in [1.54, 1.807) is 6.20 Å². The molecular formula is C18H24N6O. The van der Waals surface area contributed by atoms with Crippen LogP contribution in [0.5, 0.6) is 0 Å². The summed E-state index contributed by atoms with van der Waals surface area (Å²) in [5.41, 5.74) is 1.14. The maximum atomic E-state index is 9.87. The number of aromatic nitrogens is 3. The quantitative estimate of drug-likeness (QED) is 0.740. The molecule has 0 unspecified atom stereocenters. The Labute approximate surface area is 148 Å². The van der Waals surface area contributed by atoms with Gasteiger partial charge in [-0.2, -0.15) is 10.2 Å². The van der Waals surface area contributed by atoms with Gasteiger partial charge in [0.05, 0.1) is 12.3 Å². The fourth-order valence-electron chi connectivity index (χ4n) is 2.82. The number of rotatable bonds is 6. The summed E-state index contributed by atoms with van der Waals surface area (Å²) in [6, 6.07) is 8.00. The first-order chi connectivity index (χ1) is 12.0. The lowest BCUT2D eigenvalue weighted by molar-refractivity contribution is -0.0511. The SMILES string of the molecule is CC1(C)[C@@H](O)C[C@H]1Nc1nc(NCCc2ccccn2)ncc1C#N.[HH]. The van der Waals surface area contributed by atoms with Crippen molar-refractivity contribution in [2.24, 2.45) is 5.41 Å². The summed E-state index contributed by atoms with van der Waals surface area (Å²) in [6.07, 6.45) is 4.35. The first kappa shape index (κ1) is 17.1. The van der Waals surface area contributed by atoms with Crippen LogP contribution >= 0.6 is 0 Å². The van der Waals surface area contributed by atoms with E-state index in [2.05, 4.69) is 31.7 Å². The number of hydrogen-bond acceptors (Lipinski definition) is 7. The molecule has 0 aromatic carbocycles. The Morgan fingerprint density at radius 3 is 2.88 bits per heavy atom. The predicted molar refractivity (Wildman–Crippen MR) is 97.1 cm³/mol. The van der Waals surface area contributed by atoms with Gasteiger partial charge in [-0.3, -0.25) is 4.98 Å². The molecule has 25 heavy (non-hydrogen) atoms. The summed E-state index contributed by atoms with van der Waals surface area (Å²) in [4.78, 5) is 12.9. The monoisotopic (exact) mass is 340 g/mol. The number of nitrogens with zero attached hydrogens (tertiary/aromatic N) is 4. The van der Waals surface area contributed by atoms with E-state index in [-0.39, 0.29) is 19.0 Å². The molecule has 1 fully saturated rings. The van der Waals surface area contributed by atoms with Gasteiger partial charge in [0.1, 0.15) is 17.5 Å². The minimum Gasteiger partial charge on any atom is -0.392 e. The van der Waals surface area contributed by atoms with Gasteiger partial charge >= 0.3 is 0 Å². The molecule has 1 saturated carbocycles. The van der Waals surface area contributed by atoms with Crippen molar-refractivity contribution in [3.05, 3.63) is 41.9 Å². The zero-order chi connectivity index (χ0) is 17.9. The largest absolute Gasteiger partial charge is 0.392 e. The van der Waals surface area contributed by atoms with Crippen LogP contribution in [0.3, 0.4) is 0 Å². The highest BCUT2D eigenvalue weighted by molar-refractivity contribution is 5.54. The fraction of sp³-hybridized carbons (Fsp3) is 0.444. The minimum absolute atomic E-state index is 0. The van der Waals surface area contributed by atoms with Gasteiger partial charge in [0, 0.05) is 37.7 Å². The van der Waals surface area contributed by atoms with E-state index in [0.717, 1.165) is 12.1 Å². The van der Waals surface area contributed by atoms with E-state index in [4.69, 9.17) is 0 Å². The van der Waals surface area contributed by atoms with E-state index in [1.165, 1.54) is 6.20 Å². The zero-order valence-electron chi connectivity index (χ0n) is 14.4.